The second-order valence-electron chi connectivity index (χ2n) is 3.92. The number of hydrogen-bond donors (Lipinski definition) is 1. The van der Waals surface area contributed by atoms with Crippen molar-refractivity contribution in [1.82, 2.24) is 4.98 Å². The van der Waals surface area contributed by atoms with Crippen molar-refractivity contribution in [3.05, 3.63) is 58.3 Å². The van der Waals surface area contributed by atoms with Crippen LogP contribution in [-0.4, -0.2) is 10.9 Å². The van der Waals surface area contributed by atoms with E-state index in [9.17, 15) is 18.0 Å². The van der Waals surface area contributed by atoms with Gasteiger partial charge >= 0.3 is 6.18 Å². The van der Waals surface area contributed by atoms with Crippen molar-refractivity contribution in [3.8, 4) is 0 Å². The number of hydrogen-bond acceptors (Lipinski definition) is 2. The monoisotopic (exact) mass is 344 g/mol. The lowest BCUT2D eigenvalue weighted by molar-refractivity contribution is -0.137. The van der Waals surface area contributed by atoms with Gasteiger partial charge < -0.3 is 5.32 Å². The molecule has 2 aromatic rings. The zero-order chi connectivity index (χ0) is 14.8. The van der Waals surface area contributed by atoms with E-state index in [4.69, 9.17) is 0 Å². The summed E-state index contributed by atoms with van der Waals surface area (Å²) in [6.07, 6.45) is -1.62. The summed E-state index contributed by atoms with van der Waals surface area (Å²) in [5.41, 5.74) is -0.496. The Kier molecular flexibility index (Phi) is 4.08. The number of pyridine rings is 1. The average Bonchev–Trinajstić information content (AvgIpc) is 2.38. The molecule has 0 fully saturated rings. The lowest BCUT2D eigenvalue weighted by Crippen LogP contribution is -2.13. The van der Waals surface area contributed by atoms with Crippen LogP contribution in [0, 0.1) is 0 Å². The van der Waals surface area contributed by atoms with E-state index in [0.29, 0.717) is 4.47 Å². The summed E-state index contributed by atoms with van der Waals surface area (Å²) in [4.78, 5) is 15.7. The van der Waals surface area contributed by atoms with E-state index < -0.39 is 17.6 Å². The molecule has 0 atom stereocenters. The van der Waals surface area contributed by atoms with E-state index >= 15 is 0 Å². The average molecular weight is 345 g/mol. The first kappa shape index (κ1) is 14.5. The van der Waals surface area contributed by atoms with E-state index in [-0.39, 0.29) is 11.3 Å². The number of rotatable bonds is 2. The summed E-state index contributed by atoms with van der Waals surface area (Å²) in [6, 6.07) is 5.96. The number of anilines is 1. The van der Waals surface area contributed by atoms with Crippen molar-refractivity contribution in [3.63, 3.8) is 0 Å². The molecule has 1 aromatic carbocycles. The quantitative estimate of drug-likeness (QED) is 0.890. The molecule has 1 amide bonds. The Morgan fingerprint density at radius 2 is 1.95 bits per heavy atom. The third-order valence-corrected chi connectivity index (χ3v) is 2.85. The molecule has 0 aliphatic heterocycles. The third kappa shape index (κ3) is 3.57. The summed E-state index contributed by atoms with van der Waals surface area (Å²) in [7, 11) is 0. The Morgan fingerprint density at radius 1 is 1.20 bits per heavy atom. The third-order valence-electron chi connectivity index (χ3n) is 2.41. The Hall–Kier alpha value is -1.89. The van der Waals surface area contributed by atoms with Crippen LogP contribution in [0.15, 0.2) is 47.2 Å². The van der Waals surface area contributed by atoms with Crippen molar-refractivity contribution >= 4 is 27.5 Å². The summed E-state index contributed by atoms with van der Waals surface area (Å²) < 4.78 is 38.3. The highest BCUT2D eigenvalue weighted by Gasteiger charge is 2.30. The molecule has 2 rings (SSSR count). The molecule has 0 bridgehead atoms. The number of carbonyl (C=O) groups excluding carboxylic acids is 1. The predicted molar refractivity (Wildman–Crippen MR) is 71.3 cm³/mol. The molecule has 1 aromatic heterocycles. The van der Waals surface area contributed by atoms with Crippen LogP contribution in [0.3, 0.4) is 0 Å². The van der Waals surface area contributed by atoms with Crippen molar-refractivity contribution in [2.24, 2.45) is 0 Å². The molecule has 1 heterocycles. The topological polar surface area (TPSA) is 42.0 Å². The number of amides is 1. The minimum absolute atomic E-state index is 0.0739. The highest BCUT2D eigenvalue weighted by Crippen LogP contribution is 2.30. The summed E-state index contributed by atoms with van der Waals surface area (Å²) in [5, 5.41) is 2.40. The van der Waals surface area contributed by atoms with E-state index in [0.717, 1.165) is 12.1 Å². The van der Waals surface area contributed by atoms with Crippen molar-refractivity contribution < 1.29 is 18.0 Å². The number of nitrogens with zero attached hydrogens (tertiary/aromatic N) is 1. The Bertz CT molecular complexity index is 644. The van der Waals surface area contributed by atoms with Gasteiger partial charge in [0.05, 0.1) is 11.1 Å². The van der Waals surface area contributed by atoms with Crippen LogP contribution in [0.4, 0.5) is 18.9 Å². The molecule has 0 saturated heterocycles. The standard InChI is InChI=1S/C13H8BrF3N2O/c14-10-4-8(6-18-7-10)12(20)19-11-3-1-2-9(5-11)13(15,16)17/h1-7H,(H,19,20). The van der Waals surface area contributed by atoms with Gasteiger partial charge in [-0.25, -0.2) is 0 Å². The highest BCUT2D eigenvalue weighted by atomic mass is 79.9. The molecule has 0 aliphatic carbocycles. The fourth-order valence-corrected chi connectivity index (χ4v) is 1.88. The summed E-state index contributed by atoms with van der Waals surface area (Å²) >= 11 is 3.16. The largest absolute Gasteiger partial charge is 0.416 e. The molecule has 0 aliphatic rings. The normalized spacial score (nSPS) is 11.2. The number of aromatic nitrogens is 1. The summed E-state index contributed by atoms with van der Waals surface area (Å²) in [5.74, 6) is -0.530. The van der Waals surface area contributed by atoms with Crippen LogP contribution in [0.1, 0.15) is 15.9 Å². The van der Waals surface area contributed by atoms with Crippen LogP contribution in [0.25, 0.3) is 0 Å². The van der Waals surface area contributed by atoms with Crippen LogP contribution >= 0.6 is 15.9 Å². The fourth-order valence-electron chi connectivity index (χ4n) is 1.51. The Labute approximate surface area is 121 Å². The number of alkyl halides is 3. The van der Waals surface area contributed by atoms with Crippen molar-refractivity contribution in [2.75, 3.05) is 5.32 Å². The van der Waals surface area contributed by atoms with E-state index in [1.54, 1.807) is 0 Å². The van der Waals surface area contributed by atoms with Crippen LogP contribution in [0.2, 0.25) is 0 Å². The van der Waals surface area contributed by atoms with Gasteiger partial charge in [-0.2, -0.15) is 13.2 Å². The van der Waals surface area contributed by atoms with Crippen molar-refractivity contribution in [1.29, 1.82) is 0 Å². The van der Waals surface area contributed by atoms with Gasteiger partial charge in [0.2, 0.25) is 0 Å². The minimum Gasteiger partial charge on any atom is -0.322 e. The van der Waals surface area contributed by atoms with Gasteiger partial charge in [-0.1, -0.05) is 6.07 Å². The molecular weight excluding hydrogens is 337 g/mol. The van der Waals surface area contributed by atoms with E-state index in [2.05, 4.69) is 26.2 Å². The Balaban J connectivity index is 2.20. The number of carbonyl (C=O) groups is 1. The molecule has 0 radical (unpaired) electrons. The SMILES string of the molecule is O=C(Nc1cccc(C(F)(F)F)c1)c1cncc(Br)c1. The molecule has 3 nitrogen and oxygen atoms in total. The van der Waals surface area contributed by atoms with Gasteiger partial charge in [-0.05, 0) is 40.2 Å². The number of nitrogens with one attached hydrogen (secondary N) is 1. The first-order valence-corrected chi connectivity index (χ1v) is 6.25. The smallest absolute Gasteiger partial charge is 0.322 e. The van der Waals surface area contributed by atoms with E-state index in [1.165, 1.54) is 30.6 Å². The molecule has 0 spiro atoms. The van der Waals surface area contributed by atoms with Gasteiger partial charge in [0.25, 0.3) is 5.91 Å². The Morgan fingerprint density at radius 3 is 2.60 bits per heavy atom. The van der Waals surface area contributed by atoms with Gasteiger partial charge in [-0.15, -0.1) is 0 Å². The molecule has 0 saturated carbocycles. The number of halogens is 4. The van der Waals surface area contributed by atoms with Gasteiger partial charge in [0.1, 0.15) is 0 Å². The predicted octanol–water partition coefficient (Wildman–Crippen LogP) is 4.12. The molecular formula is C13H8BrF3N2O. The number of benzene rings is 1. The molecule has 20 heavy (non-hydrogen) atoms. The van der Waals surface area contributed by atoms with Crippen LogP contribution in [-0.2, 0) is 6.18 Å². The van der Waals surface area contributed by atoms with Crippen molar-refractivity contribution in [2.45, 2.75) is 6.18 Å². The molecule has 0 unspecified atom stereocenters. The van der Waals surface area contributed by atoms with E-state index in [1.807, 2.05) is 0 Å². The zero-order valence-electron chi connectivity index (χ0n) is 9.91. The second kappa shape index (κ2) is 5.62. The zero-order valence-corrected chi connectivity index (χ0v) is 11.5. The maximum atomic E-state index is 12.6. The molecule has 7 heteroatoms. The lowest BCUT2D eigenvalue weighted by atomic mass is 10.2. The molecule has 104 valence electrons. The van der Waals surface area contributed by atoms with Gasteiger partial charge in [-0.3, -0.25) is 9.78 Å². The maximum absolute atomic E-state index is 12.6. The first-order chi connectivity index (χ1) is 9.36. The fraction of sp³-hybridized carbons (Fsp3) is 0.0769. The lowest BCUT2D eigenvalue weighted by Gasteiger charge is -2.09. The van der Waals surface area contributed by atoms with Gasteiger partial charge in [0, 0.05) is 22.6 Å². The van der Waals surface area contributed by atoms with Crippen LogP contribution < -0.4 is 5.32 Å². The highest BCUT2D eigenvalue weighted by molar-refractivity contribution is 9.10. The summed E-state index contributed by atoms with van der Waals surface area (Å²) in [6.45, 7) is 0. The maximum Gasteiger partial charge on any atom is 0.416 e. The van der Waals surface area contributed by atoms with Crippen LogP contribution in [0.5, 0.6) is 0 Å². The first-order valence-electron chi connectivity index (χ1n) is 5.45. The second-order valence-corrected chi connectivity index (χ2v) is 4.84. The minimum atomic E-state index is -4.45. The molecule has 1 N–H and O–H groups in total. The van der Waals surface area contributed by atoms with Gasteiger partial charge in [0.15, 0.2) is 0 Å².